The van der Waals surface area contributed by atoms with Crippen LogP contribution in [0.3, 0.4) is 0 Å². The Morgan fingerprint density at radius 2 is 1.27 bits per heavy atom. The third-order valence-corrected chi connectivity index (χ3v) is 16.8. The number of rotatable bonds is 20. The summed E-state index contributed by atoms with van der Waals surface area (Å²) >= 11 is 3.39. The number of aryl methyl sites for hydroxylation is 1. The van der Waals surface area contributed by atoms with Crippen molar-refractivity contribution in [2.45, 2.75) is 99.1 Å². The fourth-order valence-electron chi connectivity index (χ4n) is 12.0. The summed E-state index contributed by atoms with van der Waals surface area (Å²) in [5.41, 5.74) is 20.9. The Kier molecular flexibility index (Phi) is 23.3. The molecule has 5 heteroatoms. The largest absolute Gasteiger partial charge is 0.379 e. The summed E-state index contributed by atoms with van der Waals surface area (Å²) in [7, 11) is 0. The van der Waals surface area contributed by atoms with Gasteiger partial charge in [-0.25, -0.2) is 0 Å². The molecule has 1 N–H and O–H groups in total. The minimum Gasteiger partial charge on any atom is -0.379 e. The van der Waals surface area contributed by atoms with Gasteiger partial charge in [0.05, 0.1) is 11.6 Å². The number of nitrogens with one attached hydrogen (secondary N) is 1. The van der Waals surface area contributed by atoms with Crippen molar-refractivity contribution in [1.29, 1.82) is 0 Å². The van der Waals surface area contributed by atoms with Crippen molar-refractivity contribution >= 4 is 55.2 Å². The van der Waals surface area contributed by atoms with Crippen LogP contribution in [0.5, 0.6) is 0 Å². The van der Waals surface area contributed by atoms with Crippen LogP contribution in [0.4, 0.5) is 22.7 Å². The Hall–Kier alpha value is -8.90. The van der Waals surface area contributed by atoms with Crippen LogP contribution in [-0.2, 0) is 19.3 Å². The summed E-state index contributed by atoms with van der Waals surface area (Å²) in [5, 5.41) is 4.92. The summed E-state index contributed by atoms with van der Waals surface area (Å²) in [5.74, 6) is 0.774. The van der Waals surface area contributed by atoms with E-state index in [1.807, 2.05) is 19.1 Å². The molecule has 0 saturated carbocycles. The molecule has 0 fully saturated rings. The first-order chi connectivity index (χ1) is 43.0. The zero-order valence-electron chi connectivity index (χ0n) is 52.8. The van der Waals surface area contributed by atoms with Gasteiger partial charge in [-0.2, -0.15) is 0 Å². The standard InChI is InChI=1S/C42H42N2.C29H32N2.C12H13Br/c1-4-5-6-15-30-43(37-27-24-35(25-28-37)34-16-9-7-10-17-34)33(3)23-22-32(2)36-26-29-42-40(31-36)39-20-13-14-21-41(39)44(42)38-18-11-8-12-19-38;1-4-26-27-21-23(14-12-13-22(3)30-24-15-8-6-9-16-24)19-20-29(27)31(28(26)5-2)25-17-10-7-11-18-25;1-10(8-9-11(2)13)12-6-4-3-5-7-12/h4-21,23-29,31-32,40,42H,22,30H2,1-3H3;6-13,15-22,30H,4-5,14H2,1-3H3;3-9H,1-2H3/b5-4-,15-6-,33-23+;13-12-;10-8+,11-9+. The Morgan fingerprint density at radius 3 is 1.93 bits per heavy atom. The number of fused-ring (bicyclic) bond motifs is 4. The predicted molar refractivity (Wildman–Crippen MR) is 387 cm³/mol. The molecule has 8 aromatic carbocycles. The first kappa shape index (κ1) is 63.6. The first-order valence-electron chi connectivity index (χ1n) is 31.5. The molecule has 446 valence electrons. The second-order valence-corrected chi connectivity index (χ2v) is 24.1. The van der Waals surface area contributed by atoms with E-state index in [0.717, 1.165) is 42.4 Å². The minimum absolute atomic E-state index is 0.295. The topological polar surface area (TPSA) is 23.4 Å². The molecule has 2 aliphatic rings. The SMILES string of the molecule is C/C(Br)=C\C=C(/C)c1ccccc1.C/C=C\C=C/CN(/C(C)=C/CC(C)C1=CC2c3ccccc3N(c3ccccc3)C2C=C1)c1ccc(-c2ccccc2)cc1.CCc1c(CC)n(-c2ccccc2)c2ccc(C/C=C\C(C)Nc3ccccc3)cc12. The molecule has 4 unspecified atom stereocenters. The summed E-state index contributed by atoms with van der Waals surface area (Å²) in [6, 6.07) is 78.3. The highest BCUT2D eigenvalue weighted by Gasteiger charge is 2.38. The van der Waals surface area contributed by atoms with Gasteiger partial charge in [0, 0.05) is 63.7 Å². The number of nitrogens with zero attached hydrogens (tertiary/aromatic N) is 3. The number of allylic oxidation sites excluding steroid dienone is 12. The van der Waals surface area contributed by atoms with Gasteiger partial charge in [0.25, 0.3) is 0 Å². The number of hydrogen-bond donors (Lipinski definition) is 1. The molecule has 4 nitrogen and oxygen atoms in total. The average molecular weight is 1220 g/mol. The van der Waals surface area contributed by atoms with E-state index in [9.17, 15) is 0 Å². The van der Waals surface area contributed by atoms with E-state index in [1.54, 1.807) is 0 Å². The highest BCUT2D eigenvalue weighted by molar-refractivity contribution is 9.11. The lowest BCUT2D eigenvalue weighted by Crippen LogP contribution is -2.29. The average Bonchev–Trinajstić information content (AvgIpc) is 2.33. The summed E-state index contributed by atoms with van der Waals surface area (Å²) in [6.07, 6.45) is 31.0. The maximum atomic E-state index is 3.52. The third-order valence-electron chi connectivity index (χ3n) is 16.6. The fraction of sp³-hybridized carbons (Fsp3) is 0.205. The molecule has 88 heavy (non-hydrogen) atoms. The summed E-state index contributed by atoms with van der Waals surface area (Å²) in [6.45, 7) is 18.3. The van der Waals surface area contributed by atoms with E-state index < -0.39 is 0 Å². The second-order valence-electron chi connectivity index (χ2n) is 22.8. The number of halogens is 1. The molecular formula is C83H87BrN4. The van der Waals surface area contributed by atoms with Gasteiger partial charge >= 0.3 is 0 Å². The van der Waals surface area contributed by atoms with Gasteiger partial charge in [0.1, 0.15) is 0 Å². The Labute approximate surface area is 534 Å². The van der Waals surface area contributed by atoms with Crippen molar-refractivity contribution in [3.8, 4) is 16.8 Å². The molecule has 0 radical (unpaired) electrons. The number of para-hydroxylation sites is 4. The van der Waals surface area contributed by atoms with Crippen LogP contribution in [0.1, 0.15) is 95.7 Å². The van der Waals surface area contributed by atoms with Crippen molar-refractivity contribution < 1.29 is 0 Å². The van der Waals surface area contributed by atoms with Crippen LogP contribution >= 0.6 is 15.9 Å². The van der Waals surface area contributed by atoms with Crippen LogP contribution in [0.2, 0.25) is 0 Å². The van der Waals surface area contributed by atoms with Gasteiger partial charge in [-0.15, -0.1) is 0 Å². The Bertz CT molecular complexity index is 3900. The summed E-state index contributed by atoms with van der Waals surface area (Å²) in [4.78, 5) is 4.91. The smallest absolute Gasteiger partial charge is 0.0629 e. The predicted octanol–water partition coefficient (Wildman–Crippen LogP) is 22.8. The number of benzene rings is 8. The lowest BCUT2D eigenvalue weighted by molar-refractivity contribution is 0.667. The van der Waals surface area contributed by atoms with Crippen molar-refractivity contribution in [3.05, 3.63) is 335 Å². The number of anilines is 4. The Balaban J connectivity index is 0.000000181. The van der Waals surface area contributed by atoms with Gasteiger partial charge in [-0.3, -0.25) is 0 Å². The molecule has 4 atom stereocenters. The van der Waals surface area contributed by atoms with Gasteiger partial charge in [-0.05, 0) is 182 Å². The second kappa shape index (κ2) is 32.2. The third kappa shape index (κ3) is 16.6. The molecule has 0 bridgehead atoms. The highest BCUT2D eigenvalue weighted by atomic mass is 79.9. The van der Waals surface area contributed by atoms with E-state index in [-0.39, 0.29) is 0 Å². The minimum atomic E-state index is 0.295. The molecule has 0 saturated heterocycles. The number of aromatic nitrogens is 1. The maximum Gasteiger partial charge on any atom is 0.0629 e. The zero-order valence-corrected chi connectivity index (χ0v) is 54.4. The van der Waals surface area contributed by atoms with Gasteiger partial charge in [-0.1, -0.05) is 261 Å². The monoisotopic (exact) mass is 1220 g/mol. The van der Waals surface area contributed by atoms with Crippen molar-refractivity contribution in [1.82, 2.24) is 4.57 Å². The molecule has 1 aromatic heterocycles. The van der Waals surface area contributed by atoms with E-state index >= 15 is 0 Å². The van der Waals surface area contributed by atoms with Crippen molar-refractivity contribution in [2.75, 3.05) is 21.7 Å². The van der Waals surface area contributed by atoms with Crippen LogP contribution in [0, 0.1) is 5.92 Å². The molecule has 1 aliphatic heterocycles. The zero-order chi connectivity index (χ0) is 61.6. The van der Waals surface area contributed by atoms with E-state index in [2.05, 4.69) is 363 Å². The number of hydrogen-bond acceptors (Lipinski definition) is 3. The van der Waals surface area contributed by atoms with Crippen LogP contribution in [0.15, 0.2) is 307 Å². The molecule has 9 aromatic rings. The molecule has 11 rings (SSSR count). The van der Waals surface area contributed by atoms with E-state index in [4.69, 9.17) is 0 Å². The van der Waals surface area contributed by atoms with E-state index in [0.29, 0.717) is 23.9 Å². The summed E-state index contributed by atoms with van der Waals surface area (Å²) < 4.78 is 3.59. The van der Waals surface area contributed by atoms with Crippen LogP contribution in [-0.4, -0.2) is 23.2 Å². The van der Waals surface area contributed by atoms with Gasteiger partial charge < -0.3 is 19.7 Å². The lowest BCUT2D eigenvalue weighted by atomic mass is 9.83. The van der Waals surface area contributed by atoms with Gasteiger partial charge in [0.15, 0.2) is 0 Å². The molecule has 0 amide bonds. The Morgan fingerprint density at radius 1 is 0.648 bits per heavy atom. The van der Waals surface area contributed by atoms with Crippen LogP contribution in [0.25, 0.3) is 33.3 Å². The lowest BCUT2D eigenvalue weighted by Gasteiger charge is -2.30. The molecular weight excluding hydrogens is 1130 g/mol. The van der Waals surface area contributed by atoms with Crippen LogP contribution < -0.4 is 15.1 Å². The maximum absolute atomic E-state index is 3.52. The van der Waals surface area contributed by atoms with Crippen molar-refractivity contribution in [2.24, 2.45) is 5.92 Å². The van der Waals surface area contributed by atoms with Gasteiger partial charge in [0.2, 0.25) is 0 Å². The molecule has 2 heterocycles. The molecule has 0 spiro atoms. The van der Waals surface area contributed by atoms with E-state index in [1.165, 1.54) is 89.6 Å². The molecule has 1 aliphatic carbocycles. The quantitative estimate of drug-likeness (QED) is 0.0608. The van der Waals surface area contributed by atoms with Crippen molar-refractivity contribution in [3.63, 3.8) is 0 Å². The normalized spacial score (nSPS) is 15.5. The first-order valence-corrected chi connectivity index (χ1v) is 32.3. The fourth-order valence-corrected chi connectivity index (χ4v) is 12.1. The highest BCUT2D eigenvalue weighted by Crippen LogP contribution is 2.49.